The number of rotatable bonds is 4. The van der Waals surface area contributed by atoms with Gasteiger partial charge in [-0.3, -0.25) is 4.79 Å². The Morgan fingerprint density at radius 1 is 1.38 bits per heavy atom. The lowest BCUT2D eigenvalue weighted by Crippen LogP contribution is -2.39. The number of ether oxygens (including phenoxy) is 1. The molecule has 1 aromatic carbocycles. The van der Waals surface area contributed by atoms with Gasteiger partial charge in [-0.05, 0) is 0 Å². The monoisotopic (exact) mass is 341 g/mol. The zero-order chi connectivity index (χ0) is 16.4. The zero-order valence-corrected chi connectivity index (χ0v) is 13.6. The van der Waals surface area contributed by atoms with Crippen LogP contribution in [0.1, 0.15) is 16.2 Å². The highest BCUT2D eigenvalue weighted by molar-refractivity contribution is 7.07. The second-order valence-corrected chi connectivity index (χ2v) is 6.17. The molecular formula is C16H15N5O2S. The molecule has 0 spiro atoms. The molecule has 1 aliphatic heterocycles. The molecule has 3 heterocycles. The normalized spacial score (nSPS) is 16.6. The summed E-state index contributed by atoms with van der Waals surface area (Å²) in [5.41, 5.74) is 4.91. The molecule has 0 saturated heterocycles. The number of carbonyl (C=O) groups excluding carboxylic acids is 1. The van der Waals surface area contributed by atoms with E-state index in [1.807, 2.05) is 35.0 Å². The highest BCUT2D eigenvalue weighted by Crippen LogP contribution is 2.24. The molecule has 1 atom stereocenters. The first-order valence-electron chi connectivity index (χ1n) is 7.57. The van der Waals surface area contributed by atoms with Crippen molar-refractivity contribution < 1.29 is 9.53 Å². The first-order chi connectivity index (χ1) is 11.8. The summed E-state index contributed by atoms with van der Waals surface area (Å²) in [7, 11) is 0. The molecule has 1 amide bonds. The Kier molecular flexibility index (Phi) is 4.06. The predicted molar refractivity (Wildman–Crippen MR) is 88.5 cm³/mol. The largest absolute Gasteiger partial charge is 0.368 e. The average Bonchev–Trinajstić information content (AvgIpc) is 3.30. The van der Waals surface area contributed by atoms with Crippen LogP contribution in [0, 0.1) is 0 Å². The maximum atomic E-state index is 11.9. The third-order valence-electron chi connectivity index (χ3n) is 3.87. The maximum absolute atomic E-state index is 11.9. The summed E-state index contributed by atoms with van der Waals surface area (Å²) in [4.78, 5) is 15.9. The van der Waals surface area contributed by atoms with Crippen molar-refractivity contribution in [1.82, 2.24) is 25.3 Å². The number of amides is 1. The molecule has 2 aromatic heterocycles. The Bertz CT molecular complexity index is 832. The van der Waals surface area contributed by atoms with E-state index in [1.165, 1.54) is 11.3 Å². The molecule has 24 heavy (non-hydrogen) atoms. The average molecular weight is 341 g/mol. The van der Waals surface area contributed by atoms with Crippen LogP contribution < -0.4 is 5.32 Å². The molecule has 0 aliphatic carbocycles. The van der Waals surface area contributed by atoms with Gasteiger partial charge in [-0.1, -0.05) is 35.5 Å². The molecule has 0 bridgehead atoms. The van der Waals surface area contributed by atoms with Gasteiger partial charge in [0.05, 0.1) is 30.5 Å². The summed E-state index contributed by atoms with van der Waals surface area (Å²) in [6.07, 6.45) is -0.134. The molecule has 4 rings (SSSR count). The van der Waals surface area contributed by atoms with E-state index in [0.717, 1.165) is 17.0 Å². The molecule has 0 saturated carbocycles. The van der Waals surface area contributed by atoms with Gasteiger partial charge in [0, 0.05) is 17.5 Å². The summed E-state index contributed by atoms with van der Waals surface area (Å²) in [6.45, 7) is 1.40. The van der Waals surface area contributed by atoms with Crippen LogP contribution in [0.15, 0.2) is 41.2 Å². The zero-order valence-electron chi connectivity index (χ0n) is 12.8. The Morgan fingerprint density at radius 3 is 3.04 bits per heavy atom. The summed E-state index contributed by atoms with van der Waals surface area (Å²) in [5.74, 6) is -0.186. The number of hydrogen-bond donors (Lipinski definition) is 1. The van der Waals surface area contributed by atoms with Crippen LogP contribution in [0.3, 0.4) is 0 Å². The van der Waals surface area contributed by atoms with Crippen molar-refractivity contribution in [2.75, 3.05) is 6.54 Å². The molecule has 0 fully saturated rings. The van der Waals surface area contributed by atoms with Crippen LogP contribution in [0.4, 0.5) is 0 Å². The minimum absolute atomic E-state index is 0.134. The summed E-state index contributed by atoms with van der Waals surface area (Å²) < 4.78 is 7.71. The van der Waals surface area contributed by atoms with E-state index in [9.17, 15) is 4.79 Å². The number of nitrogens with one attached hydrogen (secondary N) is 1. The van der Waals surface area contributed by atoms with Gasteiger partial charge in [-0.15, -0.1) is 16.4 Å². The predicted octanol–water partition coefficient (Wildman–Crippen LogP) is 1.73. The Balaban J connectivity index is 1.42. The van der Waals surface area contributed by atoms with Gasteiger partial charge in [0.25, 0.3) is 5.91 Å². The third-order valence-corrected chi connectivity index (χ3v) is 4.46. The molecular weight excluding hydrogens is 326 g/mol. The van der Waals surface area contributed by atoms with Gasteiger partial charge in [0.15, 0.2) is 0 Å². The van der Waals surface area contributed by atoms with Gasteiger partial charge >= 0.3 is 0 Å². The Labute approximate surface area is 142 Å². The summed E-state index contributed by atoms with van der Waals surface area (Å²) in [6, 6.07) is 9.93. The van der Waals surface area contributed by atoms with E-state index in [4.69, 9.17) is 4.74 Å². The van der Waals surface area contributed by atoms with Crippen LogP contribution in [-0.2, 0) is 17.9 Å². The molecule has 8 heteroatoms. The van der Waals surface area contributed by atoms with Gasteiger partial charge in [-0.25, -0.2) is 9.67 Å². The van der Waals surface area contributed by atoms with E-state index in [0.29, 0.717) is 25.4 Å². The van der Waals surface area contributed by atoms with Gasteiger partial charge < -0.3 is 10.1 Å². The lowest BCUT2D eigenvalue weighted by atomic mass is 10.1. The van der Waals surface area contributed by atoms with Crippen molar-refractivity contribution in [2.24, 2.45) is 0 Å². The highest BCUT2D eigenvalue weighted by atomic mass is 32.1. The first kappa shape index (κ1) is 15.0. The lowest BCUT2D eigenvalue weighted by molar-refractivity contribution is 0.00174. The van der Waals surface area contributed by atoms with E-state index in [-0.39, 0.29) is 12.0 Å². The molecule has 122 valence electrons. The Morgan fingerprint density at radius 2 is 2.25 bits per heavy atom. The number of fused-ring (bicyclic) bond motifs is 1. The van der Waals surface area contributed by atoms with Crippen molar-refractivity contribution in [3.63, 3.8) is 0 Å². The van der Waals surface area contributed by atoms with Gasteiger partial charge in [-0.2, -0.15) is 0 Å². The summed E-state index contributed by atoms with van der Waals surface area (Å²) >= 11 is 1.40. The number of aromatic nitrogens is 4. The van der Waals surface area contributed by atoms with Crippen LogP contribution in [0.2, 0.25) is 0 Å². The minimum atomic E-state index is -0.186. The van der Waals surface area contributed by atoms with Crippen LogP contribution in [0.5, 0.6) is 0 Å². The second-order valence-electron chi connectivity index (χ2n) is 5.45. The molecule has 0 unspecified atom stereocenters. The van der Waals surface area contributed by atoms with E-state index in [1.54, 1.807) is 10.9 Å². The Hall–Kier alpha value is -2.58. The molecule has 7 nitrogen and oxygen atoms in total. The number of thiazole rings is 1. The smallest absolute Gasteiger partial charge is 0.270 e. The number of carbonyl (C=O) groups is 1. The first-order valence-corrected chi connectivity index (χ1v) is 8.51. The molecule has 1 aliphatic rings. The standard InChI is InChI=1S/C16H15N5O2S/c22-16(13-9-24-10-18-13)17-6-12-7-21-14(8-23-12)15(19-20-21)11-4-2-1-3-5-11/h1-5,9-10,12H,6-8H2,(H,17,22)/t12-/m1/s1. The van der Waals surface area contributed by atoms with Gasteiger partial charge in [0.1, 0.15) is 11.4 Å². The summed E-state index contributed by atoms with van der Waals surface area (Å²) in [5, 5.41) is 13.1. The fraction of sp³-hybridized carbons (Fsp3) is 0.250. The van der Waals surface area contributed by atoms with Crippen molar-refractivity contribution in [3.8, 4) is 11.3 Å². The van der Waals surface area contributed by atoms with E-state index < -0.39 is 0 Å². The molecule has 1 N–H and O–H groups in total. The van der Waals surface area contributed by atoms with Crippen molar-refractivity contribution in [1.29, 1.82) is 0 Å². The SMILES string of the molecule is O=C(NC[C@@H]1Cn2nnc(-c3ccccc3)c2CO1)c1cscn1. The van der Waals surface area contributed by atoms with Crippen LogP contribution in [0.25, 0.3) is 11.3 Å². The van der Waals surface area contributed by atoms with Crippen molar-refractivity contribution in [2.45, 2.75) is 19.3 Å². The van der Waals surface area contributed by atoms with Crippen molar-refractivity contribution >= 4 is 17.2 Å². The topological polar surface area (TPSA) is 81.9 Å². The quantitative estimate of drug-likeness (QED) is 0.781. The number of hydrogen-bond acceptors (Lipinski definition) is 6. The molecule has 3 aromatic rings. The fourth-order valence-electron chi connectivity index (χ4n) is 2.63. The van der Waals surface area contributed by atoms with E-state index in [2.05, 4.69) is 20.6 Å². The highest BCUT2D eigenvalue weighted by Gasteiger charge is 2.24. The number of benzene rings is 1. The third kappa shape index (κ3) is 2.93. The maximum Gasteiger partial charge on any atom is 0.270 e. The minimum Gasteiger partial charge on any atom is -0.368 e. The lowest BCUT2D eigenvalue weighted by Gasteiger charge is -2.24. The van der Waals surface area contributed by atoms with Gasteiger partial charge in [0.2, 0.25) is 0 Å². The van der Waals surface area contributed by atoms with Crippen molar-refractivity contribution in [3.05, 3.63) is 52.6 Å². The van der Waals surface area contributed by atoms with Crippen LogP contribution >= 0.6 is 11.3 Å². The molecule has 0 radical (unpaired) electrons. The second kappa shape index (κ2) is 6.50. The van der Waals surface area contributed by atoms with Crippen LogP contribution in [-0.4, -0.2) is 38.5 Å². The fourth-order valence-corrected chi connectivity index (χ4v) is 3.16. The number of nitrogens with zero attached hydrogens (tertiary/aromatic N) is 4. The van der Waals surface area contributed by atoms with E-state index >= 15 is 0 Å².